The number of furan rings is 1. The van der Waals surface area contributed by atoms with Crippen molar-refractivity contribution in [2.24, 2.45) is 5.73 Å². The van der Waals surface area contributed by atoms with Gasteiger partial charge in [-0.2, -0.15) is 0 Å². The average Bonchev–Trinajstić information content (AvgIpc) is 2.65. The fraction of sp³-hybridized carbons (Fsp3) is 0.600. The first kappa shape index (κ1) is 13.2. The van der Waals surface area contributed by atoms with Crippen LogP contribution in [-0.2, 0) is 26.9 Å². The fourth-order valence-corrected chi connectivity index (χ4v) is 2.61. The highest BCUT2D eigenvalue weighted by Crippen LogP contribution is 2.12. The molecule has 5 nitrogen and oxygen atoms in total. The van der Waals surface area contributed by atoms with E-state index in [1.165, 1.54) is 0 Å². The van der Waals surface area contributed by atoms with Crippen LogP contribution in [0, 0.1) is 0 Å². The van der Waals surface area contributed by atoms with E-state index >= 15 is 0 Å². The van der Waals surface area contributed by atoms with Crippen LogP contribution in [-0.4, -0.2) is 27.9 Å². The molecule has 0 aliphatic rings. The van der Waals surface area contributed by atoms with Crippen molar-refractivity contribution in [3.05, 3.63) is 23.7 Å². The molecule has 0 radical (unpaired) electrons. The van der Waals surface area contributed by atoms with Crippen LogP contribution in [0.1, 0.15) is 17.9 Å². The number of rotatable bonds is 7. The molecule has 0 aliphatic carbocycles. The largest absolute Gasteiger partial charge is 0.464 e. The van der Waals surface area contributed by atoms with E-state index in [1.807, 2.05) is 0 Å². The molecule has 6 heteroatoms. The van der Waals surface area contributed by atoms with Gasteiger partial charge in [0.2, 0.25) is 0 Å². The minimum absolute atomic E-state index is 0.0727. The zero-order chi connectivity index (χ0) is 12.0. The van der Waals surface area contributed by atoms with Crippen LogP contribution in [0.2, 0.25) is 0 Å². The van der Waals surface area contributed by atoms with Crippen LogP contribution < -0.4 is 5.73 Å². The molecule has 0 saturated heterocycles. The van der Waals surface area contributed by atoms with Gasteiger partial charge in [0.25, 0.3) is 0 Å². The molecule has 0 fully saturated rings. The fourth-order valence-electron chi connectivity index (χ4n) is 1.32. The van der Waals surface area contributed by atoms with Crippen LogP contribution in [0.3, 0.4) is 0 Å². The highest BCUT2D eigenvalue weighted by molar-refractivity contribution is 7.90. The summed E-state index contributed by atoms with van der Waals surface area (Å²) in [5, 5.41) is 0. The van der Waals surface area contributed by atoms with E-state index in [9.17, 15) is 8.42 Å². The molecule has 0 aliphatic heterocycles. The van der Waals surface area contributed by atoms with Gasteiger partial charge in [0.05, 0.1) is 12.3 Å². The van der Waals surface area contributed by atoms with Crippen molar-refractivity contribution in [3.8, 4) is 0 Å². The van der Waals surface area contributed by atoms with Gasteiger partial charge in [-0.1, -0.05) is 0 Å². The minimum atomic E-state index is -3.12. The van der Waals surface area contributed by atoms with Crippen LogP contribution in [0.15, 0.2) is 16.5 Å². The predicted octanol–water partition coefficient (Wildman–Crippen LogP) is 0.690. The maximum atomic E-state index is 11.6. The Morgan fingerprint density at radius 2 is 2.06 bits per heavy atom. The summed E-state index contributed by atoms with van der Waals surface area (Å²) in [6.45, 7) is 0.731. The second-order valence-electron chi connectivity index (χ2n) is 3.51. The van der Waals surface area contributed by atoms with E-state index in [1.54, 1.807) is 19.2 Å². The first-order chi connectivity index (χ1) is 7.57. The molecule has 0 saturated carbocycles. The molecule has 1 aromatic rings. The molecule has 0 unspecified atom stereocenters. The van der Waals surface area contributed by atoms with Gasteiger partial charge in [-0.05, 0) is 18.6 Å². The molecule has 1 rings (SSSR count). The number of hydrogen-bond donors (Lipinski definition) is 1. The third-order valence-corrected chi connectivity index (χ3v) is 3.72. The Bertz CT molecular complexity index is 410. The zero-order valence-electron chi connectivity index (χ0n) is 9.31. The second-order valence-corrected chi connectivity index (χ2v) is 5.69. The van der Waals surface area contributed by atoms with Gasteiger partial charge in [-0.25, -0.2) is 8.42 Å². The Hall–Kier alpha value is -0.850. The predicted molar refractivity (Wildman–Crippen MR) is 60.6 cm³/mol. The average molecular weight is 247 g/mol. The molecule has 0 atom stereocenters. The molecule has 1 heterocycles. The van der Waals surface area contributed by atoms with Crippen LogP contribution in [0.25, 0.3) is 0 Å². The molecule has 1 aromatic heterocycles. The van der Waals surface area contributed by atoms with Gasteiger partial charge >= 0.3 is 0 Å². The lowest BCUT2D eigenvalue weighted by molar-refractivity contribution is 0.199. The smallest absolute Gasteiger partial charge is 0.157 e. The Morgan fingerprint density at radius 1 is 1.38 bits per heavy atom. The van der Waals surface area contributed by atoms with Crippen molar-refractivity contribution < 1.29 is 17.6 Å². The molecule has 0 spiro atoms. The monoisotopic (exact) mass is 247 g/mol. The van der Waals surface area contributed by atoms with E-state index in [4.69, 9.17) is 14.9 Å². The van der Waals surface area contributed by atoms with Gasteiger partial charge in [-0.3, -0.25) is 0 Å². The molecule has 92 valence electrons. The van der Waals surface area contributed by atoms with Crippen molar-refractivity contribution >= 4 is 9.84 Å². The highest BCUT2D eigenvalue weighted by Gasteiger charge is 2.14. The molecule has 0 aromatic carbocycles. The van der Waals surface area contributed by atoms with Gasteiger partial charge in [0.15, 0.2) is 9.84 Å². The van der Waals surface area contributed by atoms with Crippen molar-refractivity contribution in [3.63, 3.8) is 0 Å². The number of hydrogen-bond acceptors (Lipinski definition) is 5. The Labute approximate surface area is 95.5 Å². The van der Waals surface area contributed by atoms with Gasteiger partial charge in [0, 0.05) is 13.7 Å². The van der Waals surface area contributed by atoms with Gasteiger partial charge < -0.3 is 14.9 Å². The quantitative estimate of drug-likeness (QED) is 0.717. The maximum Gasteiger partial charge on any atom is 0.157 e. The van der Waals surface area contributed by atoms with E-state index < -0.39 is 9.84 Å². The standard InChI is InChI=1S/C10H17NO4S/c1-14-5-2-6-16(12,13)8-10-4-3-9(7-11)15-10/h3-4H,2,5-8,11H2,1H3. The summed E-state index contributed by atoms with van der Waals surface area (Å²) in [6, 6.07) is 3.34. The van der Waals surface area contributed by atoms with Crippen LogP contribution in [0.4, 0.5) is 0 Å². The Kier molecular flexibility index (Phi) is 4.98. The SMILES string of the molecule is COCCCS(=O)(=O)Cc1ccc(CN)o1. The lowest BCUT2D eigenvalue weighted by atomic mass is 10.4. The number of ether oxygens (including phenoxy) is 1. The molecule has 0 amide bonds. The van der Waals surface area contributed by atoms with Gasteiger partial charge in [-0.15, -0.1) is 0 Å². The number of nitrogens with two attached hydrogens (primary N) is 1. The lowest BCUT2D eigenvalue weighted by Gasteiger charge is -2.01. The number of sulfone groups is 1. The van der Waals surface area contributed by atoms with E-state index in [-0.39, 0.29) is 18.1 Å². The topological polar surface area (TPSA) is 82.5 Å². The van der Waals surface area contributed by atoms with Crippen molar-refractivity contribution in [2.75, 3.05) is 19.5 Å². The summed E-state index contributed by atoms with van der Waals surface area (Å²) in [6.07, 6.45) is 0.503. The third-order valence-electron chi connectivity index (χ3n) is 2.08. The first-order valence-electron chi connectivity index (χ1n) is 5.04. The normalized spacial score (nSPS) is 11.9. The highest BCUT2D eigenvalue weighted by atomic mass is 32.2. The zero-order valence-corrected chi connectivity index (χ0v) is 10.1. The molecule has 16 heavy (non-hydrogen) atoms. The minimum Gasteiger partial charge on any atom is -0.464 e. The Balaban J connectivity index is 2.51. The molecular formula is C10H17NO4S. The van der Waals surface area contributed by atoms with Crippen LogP contribution in [0.5, 0.6) is 0 Å². The summed E-state index contributed by atoms with van der Waals surface area (Å²) in [5.41, 5.74) is 5.37. The van der Waals surface area contributed by atoms with E-state index in [2.05, 4.69) is 0 Å². The van der Waals surface area contributed by atoms with Gasteiger partial charge in [0.1, 0.15) is 17.3 Å². The second kappa shape index (κ2) is 6.03. The lowest BCUT2D eigenvalue weighted by Crippen LogP contribution is -2.10. The molecule has 0 bridgehead atoms. The van der Waals surface area contributed by atoms with Crippen molar-refractivity contribution in [1.82, 2.24) is 0 Å². The molecular weight excluding hydrogens is 230 g/mol. The van der Waals surface area contributed by atoms with E-state index in [0.29, 0.717) is 24.5 Å². The summed E-state index contributed by atoms with van der Waals surface area (Å²) in [5.74, 6) is 1.08. The summed E-state index contributed by atoms with van der Waals surface area (Å²) in [4.78, 5) is 0. The molecule has 2 N–H and O–H groups in total. The number of methoxy groups -OCH3 is 1. The van der Waals surface area contributed by atoms with Crippen LogP contribution >= 0.6 is 0 Å². The van der Waals surface area contributed by atoms with E-state index in [0.717, 1.165) is 0 Å². The summed E-state index contributed by atoms with van der Waals surface area (Å²) >= 11 is 0. The maximum absolute atomic E-state index is 11.6. The third kappa shape index (κ3) is 4.34. The van der Waals surface area contributed by atoms with Crippen molar-refractivity contribution in [1.29, 1.82) is 0 Å². The first-order valence-corrected chi connectivity index (χ1v) is 6.86. The summed E-state index contributed by atoms with van der Waals surface area (Å²) < 4.78 is 33.3. The summed E-state index contributed by atoms with van der Waals surface area (Å²) in [7, 11) is -1.57. The Morgan fingerprint density at radius 3 is 2.62 bits per heavy atom. The van der Waals surface area contributed by atoms with Crippen molar-refractivity contribution in [2.45, 2.75) is 18.7 Å².